The lowest BCUT2D eigenvalue weighted by Gasteiger charge is -2.16. The lowest BCUT2D eigenvalue weighted by Crippen LogP contribution is -2.09. The minimum absolute atomic E-state index is 0.737. The standard InChI is InChI=1S/C17H22N2/c1-3-5-7-14(4-2)13-19-11-10-16-15(12-18)8-6-9-17(16)19/h6,8-11,14H,3-5,7,13H2,1-2H3. The van der Waals surface area contributed by atoms with Gasteiger partial charge in [0.2, 0.25) is 0 Å². The van der Waals surface area contributed by atoms with Crippen LogP contribution < -0.4 is 0 Å². The quantitative estimate of drug-likeness (QED) is 0.732. The monoisotopic (exact) mass is 254 g/mol. The van der Waals surface area contributed by atoms with E-state index in [9.17, 15) is 0 Å². The number of hydrogen-bond acceptors (Lipinski definition) is 1. The summed E-state index contributed by atoms with van der Waals surface area (Å²) in [6.45, 7) is 5.58. The molecule has 100 valence electrons. The summed E-state index contributed by atoms with van der Waals surface area (Å²) in [5.74, 6) is 0.737. The van der Waals surface area contributed by atoms with E-state index < -0.39 is 0 Å². The van der Waals surface area contributed by atoms with E-state index in [-0.39, 0.29) is 0 Å². The van der Waals surface area contributed by atoms with Gasteiger partial charge >= 0.3 is 0 Å². The molecule has 19 heavy (non-hydrogen) atoms. The van der Waals surface area contributed by atoms with E-state index in [1.165, 1.54) is 31.2 Å². The molecule has 2 heteroatoms. The van der Waals surface area contributed by atoms with Crippen molar-refractivity contribution >= 4 is 10.9 Å². The Bertz CT molecular complexity index is 574. The molecule has 0 fully saturated rings. The zero-order valence-corrected chi connectivity index (χ0v) is 11.9. The second-order valence-electron chi connectivity index (χ2n) is 5.23. The van der Waals surface area contributed by atoms with Crippen LogP contribution in [0.3, 0.4) is 0 Å². The smallest absolute Gasteiger partial charge is 0.0998 e. The zero-order valence-electron chi connectivity index (χ0n) is 11.9. The lowest BCUT2D eigenvalue weighted by atomic mass is 9.99. The average Bonchev–Trinajstić information content (AvgIpc) is 2.86. The molecule has 0 spiro atoms. The number of aromatic nitrogens is 1. The highest BCUT2D eigenvalue weighted by Crippen LogP contribution is 2.23. The summed E-state index contributed by atoms with van der Waals surface area (Å²) < 4.78 is 2.31. The van der Waals surface area contributed by atoms with Crippen LogP contribution in [0.4, 0.5) is 0 Å². The maximum atomic E-state index is 9.13. The molecule has 2 aromatic rings. The minimum atomic E-state index is 0.737. The third-order valence-electron chi connectivity index (χ3n) is 3.93. The zero-order chi connectivity index (χ0) is 13.7. The first-order chi connectivity index (χ1) is 9.30. The van der Waals surface area contributed by atoms with Gasteiger partial charge < -0.3 is 4.57 Å². The van der Waals surface area contributed by atoms with Crippen molar-refractivity contribution in [3.8, 4) is 6.07 Å². The van der Waals surface area contributed by atoms with Crippen LogP contribution >= 0.6 is 0 Å². The summed E-state index contributed by atoms with van der Waals surface area (Å²) >= 11 is 0. The second-order valence-corrected chi connectivity index (χ2v) is 5.23. The predicted octanol–water partition coefficient (Wildman–Crippen LogP) is 4.73. The molecule has 0 radical (unpaired) electrons. The van der Waals surface area contributed by atoms with Gasteiger partial charge in [0.25, 0.3) is 0 Å². The van der Waals surface area contributed by atoms with Crippen LogP contribution in [0.1, 0.15) is 45.1 Å². The van der Waals surface area contributed by atoms with Gasteiger partial charge in [-0.15, -0.1) is 0 Å². The third kappa shape index (κ3) is 2.98. The molecule has 0 aliphatic rings. The number of rotatable bonds is 6. The van der Waals surface area contributed by atoms with Gasteiger partial charge in [0.15, 0.2) is 0 Å². The molecule has 0 N–H and O–H groups in total. The number of nitrogens with zero attached hydrogens (tertiary/aromatic N) is 2. The molecule has 1 aromatic carbocycles. The van der Waals surface area contributed by atoms with Gasteiger partial charge in [0.1, 0.15) is 0 Å². The molecular formula is C17H22N2. The van der Waals surface area contributed by atoms with E-state index in [1.54, 1.807) is 0 Å². The molecule has 0 bridgehead atoms. The van der Waals surface area contributed by atoms with Gasteiger partial charge in [0.05, 0.1) is 11.6 Å². The maximum absolute atomic E-state index is 9.13. The van der Waals surface area contributed by atoms with E-state index in [4.69, 9.17) is 5.26 Å². The van der Waals surface area contributed by atoms with Crippen molar-refractivity contribution in [3.63, 3.8) is 0 Å². The van der Waals surface area contributed by atoms with Crippen LogP contribution in [-0.4, -0.2) is 4.57 Å². The number of fused-ring (bicyclic) bond motifs is 1. The molecule has 0 amide bonds. The Morgan fingerprint density at radius 2 is 2.11 bits per heavy atom. The van der Waals surface area contributed by atoms with Gasteiger partial charge in [0, 0.05) is 23.6 Å². The van der Waals surface area contributed by atoms with Crippen LogP contribution in [0.15, 0.2) is 30.5 Å². The first-order valence-electron chi connectivity index (χ1n) is 7.28. The molecule has 1 atom stereocenters. The molecule has 0 aliphatic heterocycles. The Kier molecular flexibility index (Phi) is 4.63. The highest BCUT2D eigenvalue weighted by atomic mass is 15.0. The Morgan fingerprint density at radius 3 is 2.79 bits per heavy atom. The van der Waals surface area contributed by atoms with E-state index >= 15 is 0 Å². The molecule has 1 heterocycles. The molecule has 0 saturated heterocycles. The van der Waals surface area contributed by atoms with Crippen molar-refractivity contribution in [3.05, 3.63) is 36.0 Å². The number of unbranched alkanes of at least 4 members (excludes halogenated alkanes) is 1. The van der Waals surface area contributed by atoms with Crippen LogP contribution in [-0.2, 0) is 6.54 Å². The van der Waals surface area contributed by atoms with Crippen molar-refractivity contribution in [2.24, 2.45) is 5.92 Å². The fourth-order valence-electron chi connectivity index (χ4n) is 2.68. The van der Waals surface area contributed by atoms with E-state index in [2.05, 4.69) is 42.8 Å². The normalized spacial score (nSPS) is 12.5. The molecule has 2 rings (SSSR count). The highest BCUT2D eigenvalue weighted by Gasteiger charge is 2.10. The molecule has 0 aliphatic carbocycles. The first kappa shape index (κ1) is 13.7. The number of benzene rings is 1. The molecule has 2 nitrogen and oxygen atoms in total. The van der Waals surface area contributed by atoms with Gasteiger partial charge in [-0.25, -0.2) is 0 Å². The Labute approximate surface area is 115 Å². The van der Waals surface area contributed by atoms with Gasteiger partial charge in [-0.1, -0.05) is 39.2 Å². The topological polar surface area (TPSA) is 28.7 Å². The summed E-state index contributed by atoms with van der Waals surface area (Å²) in [7, 11) is 0. The molecule has 1 aromatic heterocycles. The Morgan fingerprint density at radius 1 is 1.26 bits per heavy atom. The second kappa shape index (κ2) is 6.43. The van der Waals surface area contributed by atoms with E-state index in [1.807, 2.05) is 12.1 Å². The van der Waals surface area contributed by atoms with E-state index in [0.717, 1.165) is 23.4 Å². The van der Waals surface area contributed by atoms with Crippen LogP contribution in [0.25, 0.3) is 10.9 Å². The van der Waals surface area contributed by atoms with Crippen molar-refractivity contribution in [1.29, 1.82) is 5.26 Å². The molecular weight excluding hydrogens is 232 g/mol. The first-order valence-corrected chi connectivity index (χ1v) is 7.28. The lowest BCUT2D eigenvalue weighted by molar-refractivity contribution is 0.396. The molecule has 1 unspecified atom stereocenters. The predicted molar refractivity (Wildman–Crippen MR) is 80.0 cm³/mol. The SMILES string of the molecule is CCCCC(CC)Cn1ccc2c(C#N)cccc21. The van der Waals surface area contributed by atoms with E-state index in [0.29, 0.717) is 0 Å². The minimum Gasteiger partial charge on any atom is -0.347 e. The Hall–Kier alpha value is -1.75. The van der Waals surface area contributed by atoms with Crippen molar-refractivity contribution in [2.75, 3.05) is 0 Å². The average molecular weight is 254 g/mol. The van der Waals surface area contributed by atoms with Gasteiger partial charge in [-0.05, 0) is 30.5 Å². The van der Waals surface area contributed by atoms with Crippen molar-refractivity contribution in [2.45, 2.75) is 46.1 Å². The number of hydrogen-bond donors (Lipinski definition) is 0. The Balaban J connectivity index is 2.24. The highest BCUT2D eigenvalue weighted by molar-refractivity contribution is 5.85. The van der Waals surface area contributed by atoms with Crippen molar-refractivity contribution in [1.82, 2.24) is 4.57 Å². The summed E-state index contributed by atoms with van der Waals surface area (Å²) in [5.41, 5.74) is 1.96. The molecule has 0 saturated carbocycles. The maximum Gasteiger partial charge on any atom is 0.0998 e. The summed E-state index contributed by atoms with van der Waals surface area (Å²) in [6.07, 6.45) is 7.21. The fraction of sp³-hybridized carbons (Fsp3) is 0.471. The number of nitriles is 1. The van der Waals surface area contributed by atoms with Gasteiger partial charge in [-0.2, -0.15) is 5.26 Å². The summed E-state index contributed by atoms with van der Waals surface area (Å²) in [6, 6.07) is 10.3. The van der Waals surface area contributed by atoms with Crippen LogP contribution in [0.5, 0.6) is 0 Å². The van der Waals surface area contributed by atoms with Crippen molar-refractivity contribution < 1.29 is 0 Å². The largest absolute Gasteiger partial charge is 0.347 e. The summed E-state index contributed by atoms with van der Waals surface area (Å²) in [4.78, 5) is 0. The fourth-order valence-corrected chi connectivity index (χ4v) is 2.68. The third-order valence-corrected chi connectivity index (χ3v) is 3.93. The summed E-state index contributed by atoms with van der Waals surface area (Å²) in [5, 5.41) is 10.2. The van der Waals surface area contributed by atoms with Gasteiger partial charge in [-0.3, -0.25) is 0 Å². The van der Waals surface area contributed by atoms with Crippen LogP contribution in [0.2, 0.25) is 0 Å². The van der Waals surface area contributed by atoms with Crippen LogP contribution in [0, 0.1) is 17.2 Å².